The molecule has 0 aliphatic heterocycles. The maximum Gasteiger partial charge on any atom is 0.0719 e. The van der Waals surface area contributed by atoms with E-state index in [0.717, 1.165) is 17.1 Å². The SMILES string of the molecule is c1ccc(N(c2cccc(-c3cc4c5c(c3)C3(c6ccccc6-c6ccccc63)c3ccccc3C5c3ccccc3-4)c2)c2cccc3c2-c2ccccc2C3(c2ccccc2)c2ccccc2)cc1. The van der Waals surface area contributed by atoms with Gasteiger partial charge in [-0.3, -0.25) is 0 Å². The first-order chi connectivity index (χ1) is 34.8. The second-order valence-electron chi connectivity index (χ2n) is 19.4. The summed E-state index contributed by atoms with van der Waals surface area (Å²) in [5.74, 6) is 0.152. The van der Waals surface area contributed by atoms with Gasteiger partial charge in [-0.2, -0.15) is 0 Å². The highest BCUT2D eigenvalue weighted by Crippen LogP contribution is 2.66. The van der Waals surface area contributed by atoms with Crippen LogP contribution in [0.25, 0.3) is 44.5 Å². The molecule has 4 aliphatic rings. The maximum atomic E-state index is 2.57. The third-order valence-corrected chi connectivity index (χ3v) is 16.2. The van der Waals surface area contributed by atoms with Crippen LogP contribution in [0.15, 0.2) is 267 Å². The van der Waals surface area contributed by atoms with Gasteiger partial charge in [-0.25, -0.2) is 0 Å². The fourth-order valence-electron chi connectivity index (χ4n) is 13.7. The second kappa shape index (κ2) is 14.9. The van der Waals surface area contributed by atoms with Gasteiger partial charge in [0, 0.05) is 22.9 Å². The lowest BCUT2D eigenvalue weighted by Gasteiger charge is -2.43. The molecule has 1 unspecified atom stereocenters. The molecule has 0 radical (unpaired) electrons. The Morgan fingerprint density at radius 3 is 1.46 bits per heavy atom. The summed E-state index contributed by atoms with van der Waals surface area (Å²) in [7, 11) is 0. The smallest absolute Gasteiger partial charge is 0.0719 e. The molecular formula is C69H45N. The van der Waals surface area contributed by atoms with Crippen molar-refractivity contribution in [2.75, 3.05) is 4.90 Å². The van der Waals surface area contributed by atoms with Crippen LogP contribution in [0, 0.1) is 0 Å². The Kier molecular flexibility index (Phi) is 8.33. The molecule has 0 saturated heterocycles. The number of rotatable bonds is 6. The molecule has 326 valence electrons. The third-order valence-electron chi connectivity index (χ3n) is 16.2. The number of para-hydroxylation sites is 1. The number of anilines is 3. The highest BCUT2D eigenvalue weighted by Gasteiger charge is 2.54. The Bertz CT molecular complexity index is 3820. The van der Waals surface area contributed by atoms with Crippen molar-refractivity contribution in [1.82, 2.24) is 0 Å². The highest BCUT2D eigenvalue weighted by atomic mass is 15.1. The summed E-state index contributed by atoms with van der Waals surface area (Å²) >= 11 is 0. The minimum absolute atomic E-state index is 0.152. The highest BCUT2D eigenvalue weighted by molar-refractivity contribution is 5.99. The lowest BCUT2D eigenvalue weighted by molar-refractivity contribution is 0.704. The van der Waals surface area contributed by atoms with E-state index in [1.165, 1.54) is 106 Å². The van der Waals surface area contributed by atoms with Gasteiger partial charge in [0.15, 0.2) is 0 Å². The molecule has 70 heavy (non-hydrogen) atoms. The van der Waals surface area contributed by atoms with E-state index >= 15 is 0 Å². The Balaban J connectivity index is 0.983. The zero-order valence-corrected chi connectivity index (χ0v) is 38.4. The predicted molar refractivity (Wildman–Crippen MR) is 288 cm³/mol. The summed E-state index contributed by atoms with van der Waals surface area (Å²) < 4.78 is 0. The van der Waals surface area contributed by atoms with Crippen LogP contribution in [0.5, 0.6) is 0 Å². The molecule has 0 aromatic heterocycles. The number of hydrogen-bond acceptors (Lipinski definition) is 1. The number of fused-ring (bicyclic) bond motifs is 15. The van der Waals surface area contributed by atoms with E-state index in [1.54, 1.807) is 0 Å². The summed E-state index contributed by atoms with van der Waals surface area (Å²) in [5.41, 5.74) is 27.4. The topological polar surface area (TPSA) is 3.24 Å². The van der Waals surface area contributed by atoms with E-state index in [1.807, 2.05) is 0 Å². The molecule has 1 atom stereocenters. The van der Waals surface area contributed by atoms with E-state index in [0.29, 0.717) is 0 Å². The van der Waals surface area contributed by atoms with Gasteiger partial charge >= 0.3 is 0 Å². The zero-order chi connectivity index (χ0) is 46.0. The molecule has 0 saturated carbocycles. The molecule has 0 fully saturated rings. The van der Waals surface area contributed by atoms with Crippen LogP contribution in [0.4, 0.5) is 17.1 Å². The van der Waals surface area contributed by atoms with E-state index < -0.39 is 10.8 Å². The monoisotopic (exact) mass is 887 g/mol. The largest absolute Gasteiger partial charge is 0.310 e. The van der Waals surface area contributed by atoms with Crippen molar-refractivity contribution in [3.8, 4) is 44.5 Å². The van der Waals surface area contributed by atoms with Crippen molar-refractivity contribution < 1.29 is 0 Å². The molecule has 0 heterocycles. The minimum atomic E-state index is -0.513. The number of nitrogens with zero attached hydrogens (tertiary/aromatic N) is 1. The summed E-state index contributed by atoms with van der Waals surface area (Å²) in [5, 5.41) is 0. The third kappa shape index (κ3) is 5.11. The summed E-state index contributed by atoms with van der Waals surface area (Å²) in [6, 6.07) is 100. The fourth-order valence-corrected chi connectivity index (χ4v) is 13.7. The first-order valence-corrected chi connectivity index (χ1v) is 24.6. The Morgan fingerprint density at radius 2 is 0.786 bits per heavy atom. The lowest BCUT2D eigenvalue weighted by Crippen LogP contribution is -2.35. The molecule has 11 aromatic carbocycles. The van der Waals surface area contributed by atoms with Crippen LogP contribution >= 0.6 is 0 Å². The molecule has 0 N–H and O–H groups in total. The van der Waals surface area contributed by atoms with Crippen LogP contribution in [0.1, 0.15) is 67.1 Å². The Morgan fingerprint density at radius 1 is 0.286 bits per heavy atom. The standard InChI is InChI=1S/C69H45N/c1-4-23-47(24-5-1)68(48-25-6-2-7-26-48)60-38-18-15-35-56(60)66-62(68)40-21-41-64(66)70(49-27-8-3-9-28-49)50-29-20-22-45(42-50)46-43-57-51-30-10-11-33-54(51)65-55-34-14-19-39-61(55)69(63(44-46)67(57)65)58-36-16-12-31-52(58)53-32-13-17-37-59(53)69/h1-44,65H. The van der Waals surface area contributed by atoms with Crippen molar-refractivity contribution >= 4 is 17.1 Å². The number of hydrogen-bond donors (Lipinski definition) is 0. The molecule has 1 spiro atoms. The summed E-state index contributed by atoms with van der Waals surface area (Å²) in [6.07, 6.45) is 0. The van der Waals surface area contributed by atoms with E-state index in [9.17, 15) is 0 Å². The Labute approximate surface area is 409 Å². The first kappa shape index (κ1) is 39.2. The van der Waals surface area contributed by atoms with Crippen molar-refractivity contribution in [1.29, 1.82) is 0 Å². The summed E-state index contributed by atoms with van der Waals surface area (Å²) in [6.45, 7) is 0. The molecule has 1 heteroatoms. The average Bonchev–Trinajstić information content (AvgIpc) is 4.05. The molecule has 4 aliphatic carbocycles. The van der Waals surface area contributed by atoms with E-state index in [2.05, 4.69) is 272 Å². The van der Waals surface area contributed by atoms with E-state index in [4.69, 9.17) is 0 Å². The lowest BCUT2D eigenvalue weighted by atomic mass is 9.59. The van der Waals surface area contributed by atoms with Crippen LogP contribution in [0.2, 0.25) is 0 Å². The van der Waals surface area contributed by atoms with Crippen LogP contribution in [-0.4, -0.2) is 0 Å². The number of benzene rings is 11. The van der Waals surface area contributed by atoms with Crippen LogP contribution in [0.3, 0.4) is 0 Å². The molecule has 0 amide bonds. The quantitative estimate of drug-likeness (QED) is 0.161. The average molecular weight is 888 g/mol. The molecule has 1 nitrogen and oxygen atoms in total. The maximum absolute atomic E-state index is 2.57. The molecule has 0 bridgehead atoms. The van der Waals surface area contributed by atoms with Crippen molar-refractivity contribution in [2.24, 2.45) is 0 Å². The van der Waals surface area contributed by atoms with Gasteiger partial charge in [0.1, 0.15) is 0 Å². The Hall–Kier alpha value is -8.78. The van der Waals surface area contributed by atoms with Crippen molar-refractivity contribution in [3.63, 3.8) is 0 Å². The van der Waals surface area contributed by atoms with Gasteiger partial charge < -0.3 is 4.90 Å². The fraction of sp³-hybridized carbons (Fsp3) is 0.0435. The van der Waals surface area contributed by atoms with Crippen LogP contribution < -0.4 is 4.90 Å². The van der Waals surface area contributed by atoms with Crippen molar-refractivity contribution in [2.45, 2.75) is 16.7 Å². The van der Waals surface area contributed by atoms with Gasteiger partial charge in [-0.1, -0.05) is 224 Å². The van der Waals surface area contributed by atoms with Crippen molar-refractivity contribution in [3.05, 3.63) is 328 Å². The van der Waals surface area contributed by atoms with E-state index in [-0.39, 0.29) is 5.92 Å². The molecule has 11 aromatic rings. The van der Waals surface area contributed by atoms with Gasteiger partial charge in [0.25, 0.3) is 0 Å². The van der Waals surface area contributed by atoms with Gasteiger partial charge in [0.05, 0.1) is 16.5 Å². The molecular weight excluding hydrogens is 843 g/mol. The van der Waals surface area contributed by atoms with Gasteiger partial charge in [0.2, 0.25) is 0 Å². The van der Waals surface area contributed by atoms with Gasteiger partial charge in [-0.15, -0.1) is 0 Å². The summed E-state index contributed by atoms with van der Waals surface area (Å²) in [4.78, 5) is 2.50. The second-order valence-corrected chi connectivity index (χ2v) is 19.4. The van der Waals surface area contributed by atoms with Gasteiger partial charge in [-0.05, 0) is 143 Å². The minimum Gasteiger partial charge on any atom is -0.310 e. The zero-order valence-electron chi connectivity index (χ0n) is 38.4. The van der Waals surface area contributed by atoms with Crippen LogP contribution in [-0.2, 0) is 10.8 Å². The first-order valence-electron chi connectivity index (χ1n) is 24.6. The predicted octanol–water partition coefficient (Wildman–Crippen LogP) is 17.0. The normalized spacial score (nSPS) is 15.2. The molecule has 15 rings (SSSR count).